The van der Waals surface area contributed by atoms with Gasteiger partial charge in [-0.05, 0) is 48.6 Å². The summed E-state index contributed by atoms with van der Waals surface area (Å²) in [5.74, 6) is -1.10. The van der Waals surface area contributed by atoms with Crippen molar-refractivity contribution in [1.29, 1.82) is 0 Å². The second-order valence-electron chi connectivity index (χ2n) is 5.46. The van der Waals surface area contributed by atoms with E-state index >= 15 is 0 Å². The molecular formula is C17H14Cl2N2O3. The van der Waals surface area contributed by atoms with Crippen LogP contribution >= 0.6 is 23.2 Å². The van der Waals surface area contributed by atoms with Gasteiger partial charge in [-0.15, -0.1) is 0 Å². The highest BCUT2D eigenvalue weighted by molar-refractivity contribution is 6.41. The fraction of sp³-hybridized carbons (Fsp3) is 0.235. The van der Waals surface area contributed by atoms with E-state index in [1.807, 2.05) is 18.2 Å². The third-order valence-corrected chi connectivity index (χ3v) is 4.43. The van der Waals surface area contributed by atoms with Crippen molar-refractivity contribution in [2.45, 2.75) is 19.3 Å². The standard InChI is InChI=1S/C17H14Cl2N2O3/c18-14-7-12(8-20-16(14)19)17(23)24-9-15(22)21-13-5-4-10-2-1-3-11(10)6-13/h4-8H,1-3,9H2,(H,21,22). The van der Waals surface area contributed by atoms with E-state index in [0.29, 0.717) is 5.69 Å². The predicted octanol–water partition coefficient (Wildman–Crippen LogP) is 3.67. The SMILES string of the molecule is O=C(COC(=O)c1cnc(Cl)c(Cl)c1)Nc1ccc2c(c1)CCC2. The fourth-order valence-corrected chi connectivity index (χ4v) is 2.86. The molecule has 1 aliphatic rings. The largest absolute Gasteiger partial charge is 0.452 e. The van der Waals surface area contributed by atoms with Crippen molar-refractivity contribution in [3.8, 4) is 0 Å². The molecule has 0 fully saturated rings. The van der Waals surface area contributed by atoms with E-state index in [2.05, 4.69) is 10.3 Å². The number of anilines is 1. The number of nitrogens with one attached hydrogen (secondary N) is 1. The van der Waals surface area contributed by atoms with Crippen LogP contribution in [0.15, 0.2) is 30.5 Å². The first-order valence-corrected chi connectivity index (χ1v) is 8.18. The number of carbonyl (C=O) groups is 2. The maximum Gasteiger partial charge on any atom is 0.340 e. The Labute approximate surface area is 148 Å². The van der Waals surface area contributed by atoms with Crippen molar-refractivity contribution in [3.05, 3.63) is 57.3 Å². The highest BCUT2D eigenvalue weighted by Gasteiger charge is 2.14. The summed E-state index contributed by atoms with van der Waals surface area (Å²) in [6.45, 7) is -0.393. The van der Waals surface area contributed by atoms with Crippen LogP contribution in [0.2, 0.25) is 10.2 Å². The first-order valence-electron chi connectivity index (χ1n) is 7.43. The third-order valence-electron chi connectivity index (χ3n) is 3.75. The highest BCUT2D eigenvalue weighted by atomic mass is 35.5. The lowest BCUT2D eigenvalue weighted by Crippen LogP contribution is -2.21. The fourth-order valence-electron chi connectivity index (χ4n) is 2.59. The Balaban J connectivity index is 1.55. The predicted molar refractivity (Wildman–Crippen MR) is 91.6 cm³/mol. The van der Waals surface area contributed by atoms with E-state index in [1.54, 1.807) is 0 Å². The van der Waals surface area contributed by atoms with E-state index in [4.69, 9.17) is 27.9 Å². The number of halogens is 2. The summed E-state index contributed by atoms with van der Waals surface area (Å²) in [5, 5.41) is 2.97. The summed E-state index contributed by atoms with van der Waals surface area (Å²) in [6.07, 6.45) is 4.49. The lowest BCUT2D eigenvalue weighted by atomic mass is 10.1. The number of fused-ring (bicyclic) bond motifs is 1. The van der Waals surface area contributed by atoms with Gasteiger partial charge in [-0.1, -0.05) is 29.3 Å². The lowest BCUT2D eigenvalue weighted by molar-refractivity contribution is -0.119. The summed E-state index contributed by atoms with van der Waals surface area (Å²) < 4.78 is 4.96. The molecule has 0 spiro atoms. The molecule has 1 aromatic carbocycles. The second-order valence-corrected chi connectivity index (χ2v) is 6.22. The summed E-state index contributed by atoms with van der Waals surface area (Å²) in [5.41, 5.74) is 3.42. The summed E-state index contributed by atoms with van der Waals surface area (Å²) >= 11 is 11.5. The molecule has 0 atom stereocenters. The van der Waals surface area contributed by atoms with Gasteiger partial charge in [0.05, 0.1) is 10.6 Å². The average molecular weight is 365 g/mol. The van der Waals surface area contributed by atoms with Crippen molar-refractivity contribution >= 4 is 40.8 Å². The molecule has 0 bridgehead atoms. The van der Waals surface area contributed by atoms with Crippen molar-refractivity contribution in [2.24, 2.45) is 0 Å². The quantitative estimate of drug-likeness (QED) is 0.663. The highest BCUT2D eigenvalue weighted by Crippen LogP contribution is 2.25. The first kappa shape index (κ1) is 16.7. The molecule has 1 aliphatic carbocycles. The number of benzene rings is 1. The Morgan fingerprint density at radius 1 is 1.17 bits per heavy atom. The number of carbonyl (C=O) groups excluding carboxylic acids is 2. The van der Waals surface area contributed by atoms with Crippen molar-refractivity contribution in [2.75, 3.05) is 11.9 Å². The lowest BCUT2D eigenvalue weighted by Gasteiger charge is -2.08. The summed E-state index contributed by atoms with van der Waals surface area (Å²) in [4.78, 5) is 27.6. The second kappa shape index (κ2) is 7.20. The third kappa shape index (κ3) is 3.86. The molecule has 3 rings (SSSR count). The van der Waals surface area contributed by atoms with E-state index in [9.17, 15) is 9.59 Å². The molecule has 0 radical (unpaired) electrons. The summed E-state index contributed by atoms with van der Waals surface area (Å²) in [6, 6.07) is 7.18. The molecule has 0 unspecified atom stereocenters. The normalized spacial score (nSPS) is 12.6. The molecular weight excluding hydrogens is 351 g/mol. The van der Waals surface area contributed by atoms with Crippen LogP contribution in [-0.2, 0) is 22.4 Å². The minimum absolute atomic E-state index is 0.0996. The molecule has 1 amide bonds. The van der Waals surface area contributed by atoms with Crippen LogP contribution < -0.4 is 5.32 Å². The van der Waals surface area contributed by atoms with Crippen molar-refractivity contribution in [1.82, 2.24) is 4.98 Å². The zero-order valence-corrected chi connectivity index (χ0v) is 14.2. The van der Waals surface area contributed by atoms with Crippen LogP contribution in [0, 0.1) is 0 Å². The number of nitrogens with zero attached hydrogens (tertiary/aromatic N) is 1. The number of ether oxygens (including phenoxy) is 1. The smallest absolute Gasteiger partial charge is 0.340 e. The average Bonchev–Trinajstić information content (AvgIpc) is 3.03. The topological polar surface area (TPSA) is 68.3 Å². The summed E-state index contributed by atoms with van der Waals surface area (Å²) in [7, 11) is 0. The Bertz CT molecular complexity index is 808. The number of hydrogen-bond acceptors (Lipinski definition) is 4. The van der Waals surface area contributed by atoms with Crippen LogP contribution in [0.25, 0.3) is 0 Å². The molecule has 2 aromatic rings. The number of rotatable bonds is 4. The van der Waals surface area contributed by atoms with Crippen LogP contribution in [0.1, 0.15) is 27.9 Å². The van der Waals surface area contributed by atoms with Crippen LogP contribution in [-0.4, -0.2) is 23.5 Å². The number of esters is 1. The zero-order valence-electron chi connectivity index (χ0n) is 12.6. The van der Waals surface area contributed by atoms with E-state index < -0.39 is 18.5 Å². The van der Waals surface area contributed by atoms with Gasteiger partial charge in [0.15, 0.2) is 6.61 Å². The zero-order chi connectivity index (χ0) is 17.1. The van der Waals surface area contributed by atoms with Crippen LogP contribution in [0.5, 0.6) is 0 Å². The van der Waals surface area contributed by atoms with Gasteiger partial charge in [0, 0.05) is 11.9 Å². The van der Waals surface area contributed by atoms with Crippen LogP contribution in [0.4, 0.5) is 5.69 Å². The number of aryl methyl sites for hydroxylation is 2. The van der Waals surface area contributed by atoms with Gasteiger partial charge in [-0.25, -0.2) is 9.78 Å². The molecule has 0 saturated heterocycles. The first-order chi connectivity index (χ1) is 11.5. The van der Waals surface area contributed by atoms with Gasteiger partial charge in [0.25, 0.3) is 5.91 Å². The Hall–Kier alpha value is -2.11. The molecule has 5 nitrogen and oxygen atoms in total. The molecule has 24 heavy (non-hydrogen) atoms. The monoisotopic (exact) mass is 364 g/mol. The number of hydrogen-bond donors (Lipinski definition) is 1. The molecule has 124 valence electrons. The van der Waals surface area contributed by atoms with E-state index in [0.717, 1.165) is 19.3 Å². The minimum Gasteiger partial charge on any atom is -0.452 e. The number of amides is 1. The van der Waals surface area contributed by atoms with Gasteiger partial charge in [0.2, 0.25) is 0 Å². The van der Waals surface area contributed by atoms with Gasteiger partial charge in [0.1, 0.15) is 5.15 Å². The molecule has 1 aromatic heterocycles. The molecule has 1 N–H and O–H groups in total. The maximum absolute atomic E-state index is 11.9. The van der Waals surface area contributed by atoms with Gasteiger partial charge in [-0.3, -0.25) is 4.79 Å². The Morgan fingerprint density at radius 3 is 2.75 bits per heavy atom. The Morgan fingerprint density at radius 2 is 1.96 bits per heavy atom. The minimum atomic E-state index is -0.690. The van der Waals surface area contributed by atoms with E-state index in [-0.39, 0.29) is 15.7 Å². The van der Waals surface area contributed by atoms with E-state index in [1.165, 1.54) is 23.4 Å². The van der Waals surface area contributed by atoms with Crippen molar-refractivity contribution in [3.63, 3.8) is 0 Å². The Kier molecular flexibility index (Phi) is 5.02. The number of aromatic nitrogens is 1. The number of pyridine rings is 1. The van der Waals surface area contributed by atoms with Crippen molar-refractivity contribution < 1.29 is 14.3 Å². The molecule has 7 heteroatoms. The maximum atomic E-state index is 11.9. The molecule has 0 saturated carbocycles. The molecule has 0 aliphatic heterocycles. The van der Waals surface area contributed by atoms with Gasteiger partial charge < -0.3 is 10.1 Å². The van der Waals surface area contributed by atoms with Gasteiger partial charge >= 0.3 is 5.97 Å². The molecule has 1 heterocycles. The van der Waals surface area contributed by atoms with Crippen LogP contribution in [0.3, 0.4) is 0 Å². The van der Waals surface area contributed by atoms with Gasteiger partial charge in [-0.2, -0.15) is 0 Å².